The van der Waals surface area contributed by atoms with Crippen molar-refractivity contribution in [3.8, 4) is 5.82 Å². The Morgan fingerprint density at radius 3 is 2.48 bits per heavy atom. The van der Waals surface area contributed by atoms with Crippen LogP contribution in [-0.2, 0) is 12.5 Å². The first-order chi connectivity index (χ1) is 19.7. The van der Waals surface area contributed by atoms with E-state index < -0.39 is 36.2 Å². The number of anilines is 1. The molecule has 1 fully saturated rings. The van der Waals surface area contributed by atoms with Gasteiger partial charge in [-0.1, -0.05) is 22.9 Å². The maximum Gasteiger partial charge on any atom is 0.459 e. The molecule has 42 heavy (non-hydrogen) atoms. The van der Waals surface area contributed by atoms with Crippen molar-refractivity contribution in [2.75, 3.05) is 5.32 Å². The molecule has 220 valence electrons. The molecule has 10 nitrogen and oxygen atoms in total. The molecule has 3 heterocycles. The van der Waals surface area contributed by atoms with Gasteiger partial charge in [0.1, 0.15) is 5.69 Å². The van der Waals surface area contributed by atoms with Crippen molar-refractivity contribution in [2.45, 2.75) is 51.4 Å². The third-order valence-corrected chi connectivity index (χ3v) is 6.63. The van der Waals surface area contributed by atoms with Crippen LogP contribution in [0.15, 0.2) is 42.7 Å². The number of rotatable bonds is 8. The lowest BCUT2D eigenvalue weighted by atomic mass is 10.1. The van der Waals surface area contributed by atoms with Gasteiger partial charge in [0.25, 0.3) is 11.8 Å². The number of aryl methyl sites for hydroxylation is 2. The minimum atomic E-state index is -5.86. The first kappa shape index (κ1) is 29.1. The van der Waals surface area contributed by atoms with Gasteiger partial charge >= 0.3 is 12.1 Å². The van der Waals surface area contributed by atoms with E-state index in [-0.39, 0.29) is 34.5 Å². The number of hydrogen-bond acceptors (Lipinski definition) is 6. The van der Waals surface area contributed by atoms with Crippen molar-refractivity contribution in [3.05, 3.63) is 81.5 Å². The molecule has 0 atom stereocenters. The molecule has 0 bridgehead atoms. The predicted molar refractivity (Wildman–Crippen MR) is 140 cm³/mol. The van der Waals surface area contributed by atoms with Gasteiger partial charge < -0.3 is 10.6 Å². The van der Waals surface area contributed by atoms with Crippen LogP contribution in [0.4, 0.5) is 27.6 Å². The smallest absolute Gasteiger partial charge is 0.349 e. The number of nitrogens with one attached hydrogen (secondary N) is 2. The van der Waals surface area contributed by atoms with Gasteiger partial charge in [0.2, 0.25) is 0 Å². The molecular weight excluding hydrogens is 587 g/mol. The fourth-order valence-corrected chi connectivity index (χ4v) is 4.39. The van der Waals surface area contributed by atoms with Crippen LogP contribution in [-0.4, -0.2) is 53.8 Å². The Labute approximate surface area is 239 Å². The second-order valence-electron chi connectivity index (χ2n) is 9.80. The van der Waals surface area contributed by atoms with Crippen LogP contribution < -0.4 is 10.6 Å². The zero-order valence-electron chi connectivity index (χ0n) is 22.0. The summed E-state index contributed by atoms with van der Waals surface area (Å²) in [6.45, 7) is 2.99. The van der Waals surface area contributed by atoms with Gasteiger partial charge in [0.05, 0.1) is 29.7 Å². The monoisotopic (exact) mass is 608 g/mol. The first-order valence-corrected chi connectivity index (χ1v) is 12.9. The number of alkyl halides is 5. The molecule has 1 saturated carbocycles. The number of hydrogen-bond donors (Lipinski definition) is 2. The van der Waals surface area contributed by atoms with E-state index in [0.29, 0.717) is 22.3 Å². The third kappa shape index (κ3) is 5.82. The number of benzene rings is 1. The van der Waals surface area contributed by atoms with Gasteiger partial charge in [-0.2, -0.15) is 27.1 Å². The SMILES string of the molecule is Cc1cccnc1-n1nc(Cn2cc(C(F)(F)C(F)(F)F)nn2)cc1C(=O)Nc1c(C)cc(Cl)cc1C(=O)NC1CC1. The topological polar surface area (TPSA) is 120 Å². The Bertz CT molecular complexity index is 1680. The molecule has 1 aromatic carbocycles. The van der Waals surface area contributed by atoms with Gasteiger partial charge in [-0.3, -0.25) is 9.59 Å². The Morgan fingerprint density at radius 2 is 1.81 bits per heavy atom. The van der Waals surface area contributed by atoms with E-state index in [1.165, 1.54) is 23.0 Å². The lowest BCUT2D eigenvalue weighted by molar-refractivity contribution is -0.291. The van der Waals surface area contributed by atoms with E-state index in [2.05, 4.69) is 31.0 Å². The molecule has 2 N–H and O–H groups in total. The summed E-state index contributed by atoms with van der Waals surface area (Å²) in [5.74, 6) is -6.06. The van der Waals surface area contributed by atoms with E-state index in [1.54, 1.807) is 32.0 Å². The number of pyridine rings is 1. The number of halogens is 6. The molecule has 4 aromatic rings. The molecule has 0 unspecified atom stereocenters. The van der Waals surface area contributed by atoms with E-state index in [4.69, 9.17) is 11.6 Å². The number of amides is 2. The lowest BCUT2D eigenvalue weighted by Crippen LogP contribution is -2.34. The summed E-state index contributed by atoms with van der Waals surface area (Å²) in [6, 6.07) is 7.76. The van der Waals surface area contributed by atoms with Crippen molar-refractivity contribution < 1.29 is 31.5 Å². The molecule has 1 aliphatic rings. The molecular formula is C26H22ClF5N8O2. The van der Waals surface area contributed by atoms with Crippen LogP contribution in [0, 0.1) is 13.8 Å². The van der Waals surface area contributed by atoms with Crippen molar-refractivity contribution in [1.82, 2.24) is 35.1 Å². The largest absolute Gasteiger partial charge is 0.459 e. The minimum absolute atomic E-state index is 0.0462. The molecule has 3 aromatic heterocycles. The minimum Gasteiger partial charge on any atom is -0.349 e. The maximum absolute atomic E-state index is 13.7. The van der Waals surface area contributed by atoms with Crippen LogP contribution in [0.2, 0.25) is 5.02 Å². The molecule has 16 heteroatoms. The van der Waals surface area contributed by atoms with Crippen LogP contribution in [0.1, 0.15) is 56.2 Å². The Kier molecular flexibility index (Phi) is 7.47. The zero-order valence-corrected chi connectivity index (χ0v) is 22.8. The van der Waals surface area contributed by atoms with Gasteiger partial charge in [-0.25, -0.2) is 14.3 Å². The molecule has 1 aliphatic carbocycles. The average molecular weight is 609 g/mol. The number of nitrogens with zero attached hydrogens (tertiary/aromatic N) is 6. The molecule has 0 radical (unpaired) electrons. The van der Waals surface area contributed by atoms with Gasteiger partial charge in [0.15, 0.2) is 11.5 Å². The Morgan fingerprint density at radius 1 is 1.07 bits per heavy atom. The Balaban J connectivity index is 1.50. The molecule has 0 spiro atoms. The van der Waals surface area contributed by atoms with Gasteiger partial charge in [0, 0.05) is 17.3 Å². The van der Waals surface area contributed by atoms with E-state index >= 15 is 0 Å². The summed E-state index contributed by atoms with van der Waals surface area (Å²) < 4.78 is 67.7. The summed E-state index contributed by atoms with van der Waals surface area (Å²) in [4.78, 5) is 30.9. The second kappa shape index (κ2) is 10.8. The zero-order chi connectivity index (χ0) is 30.4. The van der Waals surface area contributed by atoms with E-state index in [9.17, 15) is 31.5 Å². The molecule has 0 aliphatic heterocycles. The summed E-state index contributed by atoms with van der Waals surface area (Å²) in [6.07, 6.45) is -2.23. The molecule has 0 saturated heterocycles. The second-order valence-corrected chi connectivity index (χ2v) is 10.2. The maximum atomic E-state index is 13.7. The molecule has 2 amide bonds. The van der Waals surface area contributed by atoms with Crippen LogP contribution in [0.5, 0.6) is 0 Å². The van der Waals surface area contributed by atoms with Crippen molar-refractivity contribution in [3.63, 3.8) is 0 Å². The van der Waals surface area contributed by atoms with Crippen LogP contribution in [0.3, 0.4) is 0 Å². The van der Waals surface area contributed by atoms with Crippen molar-refractivity contribution >= 4 is 29.1 Å². The normalized spacial score (nSPS) is 13.7. The fourth-order valence-electron chi connectivity index (χ4n) is 4.12. The number of carbonyl (C=O) groups is 2. The highest BCUT2D eigenvalue weighted by molar-refractivity contribution is 6.31. The van der Waals surface area contributed by atoms with Crippen molar-refractivity contribution in [2.24, 2.45) is 0 Å². The summed E-state index contributed by atoms with van der Waals surface area (Å²) in [7, 11) is 0. The fraction of sp³-hybridized carbons (Fsp3) is 0.308. The highest BCUT2D eigenvalue weighted by Gasteiger charge is 2.60. The average Bonchev–Trinajstić information content (AvgIpc) is 3.42. The van der Waals surface area contributed by atoms with Gasteiger partial charge in [-0.15, -0.1) is 5.10 Å². The summed E-state index contributed by atoms with van der Waals surface area (Å²) in [5.41, 5.74) is -0.0550. The predicted octanol–water partition coefficient (Wildman–Crippen LogP) is 4.98. The summed E-state index contributed by atoms with van der Waals surface area (Å²) in [5, 5.41) is 16.6. The number of carbonyl (C=O) groups excluding carboxylic acids is 2. The standard InChI is InChI=1S/C26H22ClF5N8O2/c1-13-4-3-7-33-22(13)40-19(10-17(37-40)11-39-12-20(36-38-39)25(28,29)26(30,31)32)24(42)35-21-14(2)8-15(27)9-18(21)23(41)34-16-5-6-16/h3-4,7-10,12,16H,5-6,11H2,1-2H3,(H,34,41)(H,35,42). The van der Waals surface area contributed by atoms with E-state index in [1.807, 2.05) is 0 Å². The Hall–Kier alpha value is -4.40. The van der Waals surface area contributed by atoms with Crippen LogP contribution >= 0.6 is 11.6 Å². The quantitative estimate of drug-likeness (QED) is 0.273. The van der Waals surface area contributed by atoms with E-state index in [0.717, 1.165) is 17.5 Å². The van der Waals surface area contributed by atoms with Crippen molar-refractivity contribution in [1.29, 1.82) is 0 Å². The number of aromatic nitrogens is 6. The summed E-state index contributed by atoms with van der Waals surface area (Å²) >= 11 is 6.19. The lowest BCUT2D eigenvalue weighted by Gasteiger charge is -2.16. The van der Waals surface area contributed by atoms with Crippen LogP contribution in [0.25, 0.3) is 5.82 Å². The highest BCUT2D eigenvalue weighted by atomic mass is 35.5. The highest BCUT2D eigenvalue weighted by Crippen LogP contribution is 2.42. The first-order valence-electron chi connectivity index (χ1n) is 12.5. The molecule has 5 rings (SSSR count). The van der Waals surface area contributed by atoms with Gasteiger partial charge in [-0.05, 0) is 62.1 Å². The third-order valence-electron chi connectivity index (χ3n) is 6.41.